The Balaban J connectivity index is 2.16. The Morgan fingerprint density at radius 3 is 3.05 bits per heavy atom. The second-order valence-electron chi connectivity index (χ2n) is 3.96. The van der Waals surface area contributed by atoms with Crippen molar-refractivity contribution in [3.05, 3.63) is 28.8 Å². The third kappa shape index (κ3) is 3.37. The molecule has 6 nitrogen and oxygen atoms in total. The van der Waals surface area contributed by atoms with Crippen LogP contribution in [0.2, 0.25) is 0 Å². The largest absolute Gasteiger partial charge is 0.370 e. The minimum Gasteiger partial charge on any atom is -0.370 e. The summed E-state index contributed by atoms with van der Waals surface area (Å²) in [7, 11) is 0. The lowest BCUT2D eigenvalue weighted by Crippen LogP contribution is -2.15. The molecule has 0 aliphatic heterocycles. The van der Waals surface area contributed by atoms with Gasteiger partial charge in [0.2, 0.25) is 0 Å². The van der Waals surface area contributed by atoms with Crippen molar-refractivity contribution in [3.63, 3.8) is 0 Å². The summed E-state index contributed by atoms with van der Waals surface area (Å²) in [6, 6.07) is 3.86. The van der Waals surface area contributed by atoms with Crippen LogP contribution >= 0.6 is 11.8 Å². The zero-order chi connectivity index (χ0) is 13.7. The fourth-order valence-electron chi connectivity index (χ4n) is 1.59. The van der Waals surface area contributed by atoms with Crippen molar-refractivity contribution in [3.8, 4) is 0 Å². The standard InChI is InChI=1S/C12H17N5OS/c1-3-6-13-10-8-9(5-7-14-10)19-12-16-15-11(18)17(12)4-2/h5,7-8H,3-4,6H2,1-2H3,(H,13,14)(H,15,18). The molecule has 2 rings (SSSR count). The first-order valence-corrected chi connectivity index (χ1v) is 7.09. The molecule has 2 aromatic heterocycles. The highest BCUT2D eigenvalue weighted by Gasteiger charge is 2.08. The molecule has 0 saturated heterocycles. The van der Waals surface area contributed by atoms with Crippen molar-refractivity contribution < 1.29 is 0 Å². The molecule has 2 aromatic rings. The van der Waals surface area contributed by atoms with Gasteiger partial charge in [0, 0.05) is 24.2 Å². The third-order valence-electron chi connectivity index (χ3n) is 2.54. The Kier molecular flexibility index (Phi) is 4.62. The Bertz CT molecular complexity index is 592. The van der Waals surface area contributed by atoms with Gasteiger partial charge in [-0.1, -0.05) is 6.92 Å². The van der Waals surface area contributed by atoms with Gasteiger partial charge in [0.25, 0.3) is 0 Å². The average Bonchev–Trinajstić information content (AvgIpc) is 2.77. The summed E-state index contributed by atoms with van der Waals surface area (Å²) in [6.07, 6.45) is 2.80. The van der Waals surface area contributed by atoms with Crippen LogP contribution in [0.5, 0.6) is 0 Å². The number of nitrogens with zero attached hydrogens (tertiary/aromatic N) is 3. The molecule has 19 heavy (non-hydrogen) atoms. The van der Waals surface area contributed by atoms with E-state index in [9.17, 15) is 4.79 Å². The Labute approximate surface area is 115 Å². The highest BCUT2D eigenvalue weighted by atomic mass is 32.2. The molecule has 0 bridgehead atoms. The molecular weight excluding hydrogens is 262 g/mol. The summed E-state index contributed by atoms with van der Waals surface area (Å²) in [5, 5.41) is 10.4. The van der Waals surface area contributed by atoms with Crippen molar-refractivity contribution in [2.45, 2.75) is 36.9 Å². The second-order valence-corrected chi connectivity index (χ2v) is 5.00. The quantitative estimate of drug-likeness (QED) is 0.845. The number of anilines is 1. The smallest absolute Gasteiger partial charge is 0.343 e. The van der Waals surface area contributed by atoms with Gasteiger partial charge in [0.05, 0.1) is 0 Å². The SMILES string of the molecule is CCCNc1cc(Sc2n[nH]c(=O)n2CC)ccn1. The van der Waals surface area contributed by atoms with Crippen LogP contribution in [0.15, 0.2) is 33.2 Å². The molecule has 2 N–H and O–H groups in total. The first-order chi connectivity index (χ1) is 9.24. The molecule has 0 fully saturated rings. The number of H-pyrrole nitrogens is 1. The fourth-order valence-corrected chi connectivity index (χ4v) is 2.51. The van der Waals surface area contributed by atoms with Crippen LogP contribution in [0.1, 0.15) is 20.3 Å². The lowest BCUT2D eigenvalue weighted by Gasteiger charge is -2.06. The zero-order valence-electron chi connectivity index (χ0n) is 11.0. The van der Waals surface area contributed by atoms with E-state index in [0.29, 0.717) is 11.7 Å². The summed E-state index contributed by atoms with van der Waals surface area (Å²) in [5.74, 6) is 0.841. The highest BCUT2D eigenvalue weighted by molar-refractivity contribution is 7.99. The fraction of sp³-hybridized carbons (Fsp3) is 0.417. The number of pyridine rings is 1. The van der Waals surface area contributed by atoms with Gasteiger partial charge in [-0.15, -0.1) is 5.10 Å². The van der Waals surface area contributed by atoms with Gasteiger partial charge in [0.15, 0.2) is 5.16 Å². The number of nitrogens with one attached hydrogen (secondary N) is 2. The van der Waals surface area contributed by atoms with Gasteiger partial charge in [-0.3, -0.25) is 4.57 Å². The van der Waals surface area contributed by atoms with Crippen LogP contribution in [0.4, 0.5) is 5.82 Å². The van der Waals surface area contributed by atoms with E-state index >= 15 is 0 Å². The first-order valence-electron chi connectivity index (χ1n) is 6.27. The van der Waals surface area contributed by atoms with Crippen LogP contribution in [0.3, 0.4) is 0 Å². The van der Waals surface area contributed by atoms with E-state index in [-0.39, 0.29) is 5.69 Å². The minimum absolute atomic E-state index is 0.177. The van der Waals surface area contributed by atoms with Gasteiger partial charge >= 0.3 is 5.69 Å². The van der Waals surface area contributed by atoms with Gasteiger partial charge in [-0.05, 0) is 37.2 Å². The maximum absolute atomic E-state index is 11.5. The second kappa shape index (κ2) is 6.42. The van der Waals surface area contributed by atoms with E-state index < -0.39 is 0 Å². The number of hydrogen-bond acceptors (Lipinski definition) is 5. The maximum Gasteiger partial charge on any atom is 0.343 e. The van der Waals surface area contributed by atoms with E-state index in [1.54, 1.807) is 10.8 Å². The lowest BCUT2D eigenvalue weighted by molar-refractivity contribution is 0.660. The van der Waals surface area contributed by atoms with Gasteiger partial charge in [-0.25, -0.2) is 14.9 Å². The summed E-state index contributed by atoms with van der Waals surface area (Å²) >= 11 is 1.45. The summed E-state index contributed by atoms with van der Waals surface area (Å²) < 4.78 is 1.60. The van der Waals surface area contributed by atoms with E-state index in [0.717, 1.165) is 23.7 Å². The molecule has 102 valence electrons. The monoisotopic (exact) mass is 279 g/mol. The van der Waals surface area contributed by atoms with Crippen LogP contribution in [-0.4, -0.2) is 26.3 Å². The molecule has 2 heterocycles. The molecule has 7 heteroatoms. The number of rotatable bonds is 6. The van der Waals surface area contributed by atoms with Crippen molar-refractivity contribution in [1.29, 1.82) is 0 Å². The van der Waals surface area contributed by atoms with Crippen molar-refractivity contribution >= 4 is 17.6 Å². The van der Waals surface area contributed by atoms with Crippen LogP contribution < -0.4 is 11.0 Å². The van der Waals surface area contributed by atoms with E-state index in [4.69, 9.17) is 0 Å². The van der Waals surface area contributed by atoms with Gasteiger partial charge < -0.3 is 5.32 Å². The summed E-state index contributed by atoms with van der Waals surface area (Å²) in [6.45, 7) is 5.52. The molecule has 0 aliphatic rings. The highest BCUT2D eigenvalue weighted by Crippen LogP contribution is 2.26. The van der Waals surface area contributed by atoms with Crippen molar-refractivity contribution in [1.82, 2.24) is 19.7 Å². The number of hydrogen-bond donors (Lipinski definition) is 2. The summed E-state index contributed by atoms with van der Waals surface area (Å²) in [5.41, 5.74) is -0.177. The van der Waals surface area contributed by atoms with E-state index in [1.165, 1.54) is 11.8 Å². The topological polar surface area (TPSA) is 75.6 Å². The maximum atomic E-state index is 11.5. The third-order valence-corrected chi connectivity index (χ3v) is 3.52. The van der Waals surface area contributed by atoms with Crippen LogP contribution in [0.25, 0.3) is 0 Å². The minimum atomic E-state index is -0.177. The molecular formula is C12H17N5OS. The molecule has 0 unspecified atom stereocenters. The molecule has 0 aliphatic carbocycles. The van der Waals surface area contributed by atoms with Gasteiger partial charge in [0.1, 0.15) is 5.82 Å². The van der Waals surface area contributed by atoms with Crippen molar-refractivity contribution in [2.24, 2.45) is 0 Å². The van der Waals surface area contributed by atoms with Crippen LogP contribution in [0, 0.1) is 0 Å². The molecule has 0 amide bonds. The van der Waals surface area contributed by atoms with Gasteiger partial charge in [-0.2, -0.15) is 0 Å². The summed E-state index contributed by atoms with van der Waals surface area (Å²) in [4.78, 5) is 16.7. The predicted octanol–water partition coefficient (Wildman–Crippen LogP) is 1.96. The first kappa shape index (κ1) is 13.7. The van der Waals surface area contributed by atoms with E-state index in [2.05, 4.69) is 27.4 Å². The Morgan fingerprint density at radius 2 is 2.32 bits per heavy atom. The normalized spacial score (nSPS) is 10.6. The predicted molar refractivity (Wildman–Crippen MR) is 75.7 cm³/mol. The van der Waals surface area contributed by atoms with Crippen LogP contribution in [-0.2, 0) is 6.54 Å². The van der Waals surface area contributed by atoms with E-state index in [1.807, 2.05) is 19.1 Å². The molecule has 0 spiro atoms. The number of aromatic amines is 1. The zero-order valence-corrected chi connectivity index (χ0v) is 11.8. The van der Waals surface area contributed by atoms with Crippen molar-refractivity contribution in [2.75, 3.05) is 11.9 Å². The molecule has 0 aromatic carbocycles. The Morgan fingerprint density at radius 1 is 1.47 bits per heavy atom. The molecule has 0 saturated carbocycles. The lowest BCUT2D eigenvalue weighted by atomic mass is 10.4. The Hall–Kier alpha value is -1.76. The molecule has 0 atom stereocenters. The molecule has 0 radical (unpaired) electrons. The average molecular weight is 279 g/mol. The number of aromatic nitrogens is 4.